The van der Waals surface area contributed by atoms with Gasteiger partial charge in [0.1, 0.15) is 5.82 Å². The third-order valence-electron chi connectivity index (χ3n) is 4.53. The maximum absolute atomic E-state index is 14.1. The third kappa shape index (κ3) is 4.58. The zero-order chi connectivity index (χ0) is 22.1. The van der Waals surface area contributed by atoms with Crippen LogP contribution in [0.4, 0.5) is 10.2 Å². The largest absolute Gasteiger partial charge is 0.355 e. The number of carbonyl (C=O) groups excluding carboxylic acids is 1. The minimum absolute atomic E-state index is 0.0466. The molecule has 2 heterocycles. The molecule has 0 bridgehead atoms. The zero-order valence-electron chi connectivity index (χ0n) is 16.0. The lowest BCUT2D eigenvalue weighted by Crippen LogP contribution is -2.13. The van der Waals surface area contributed by atoms with Crippen molar-refractivity contribution in [2.24, 2.45) is 0 Å². The quantitative estimate of drug-likeness (QED) is 0.367. The van der Waals surface area contributed by atoms with Crippen molar-refractivity contribution in [1.29, 1.82) is 0 Å². The second kappa shape index (κ2) is 8.70. The fourth-order valence-electron chi connectivity index (χ4n) is 2.94. The van der Waals surface area contributed by atoms with Gasteiger partial charge >= 0.3 is 0 Å². The number of hydrogen-bond donors (Lipinski definition) is 1. The second-order valence-electron chi connectivity index (χ2n) is 6.68. The van der Waals surface area contributed by atoms with Gasteiger partial charge in [0.25, 0.3) is 5.91 Å². The highest BCUT2D eigenvalue weighted by atomic mass is 35.5. The van der Waals surface area contributed by atoms with Gasteiger partial charge in [0.05, 0.1) is 11.6 Å². The molecule has 4 rings (SSSR count). The van der Waals surface area contributed by atoms with E-state index in [9.17, 15) is 9.18 Å². The van der Waals surface area contributed by atoms with Crippen molar-refractivity contribution < 1.29 is 13.7 Å². The van der Waals surface area contributed by atoms with Crippen LogP contribution in [-0.2, 0) is 6.54 Å². The Morgan fingerprint density at radius 1 is 1.13 bits per heavy atom. The maximum atomic E-state index is 14.1. The average Bonchev–Trinajstić information content (AvgIpc) is 3.32. The Morgan fingerprint density at radius 2 is 1.94 bits per heavy atom. The standard InChI is InChI=1S/C21H14Cl3FN4O2/c1-11-7-20(27-29(11)10-14-15(23)3-2-4-17(14)25)26-21(30)18-9-19(31-28-18)13-6-5-12(22)8-16(13)24/h2-9H,10H2,1H3,(H,26,27,30). The highest BCUT2D eigenvalue weighted by Gasteiger charge is 2.18. The molecule has 0 saturated carbocycles. The predicted octanol–water partition coefficient (Wildman–Crippen LogP) is 6.25. The van der Waals surface area contributed by atoms with Crippen molar-refractivity contribution in [3.63, 3.8) is 0 Å². The Labute approximate surface area is 191 Å². The van der Waals surface area contributed by atoms with Gasteiger partial charge in [-0.05, 0) is 37.3 Å². The smallest absolute Gasteiger partial charge is 0.279 e. The second-order valence-corrected chi connectivity index (χ2v) is 7.93. The summed E-state index contributed by atoms with van der Waals surface area (Å²) in [6, 6.07) is 12.5. The lowest BCUT2D eigenvalue weighted by molar-refractivity contribution is 0.101. The highest BCUT2D eigenvalue weighted by molar-refractivity contribution is 6.36. The van der Waals surface area contributed by atoms with Crippen LogP contribution in [0.5, 0.6) is 0 Å². The van der Waals surface area contributed by atoms with Gasteiger partial charge in [-0.1, -0.05) is 46.0 Å². The molecule has 10 heteroatoms. The number of anilines is 1. The van der Waals surface area contributed by atoms with E-state index in [4.69, 9.17) is 39.3 Å². The molecule has 0 spiro atoms. The predicted molar refractivity (Wildman–Crippen MR) is 117 cm³/mol. The summed E-state index contributed by atoms with van der Waals surface area (Å²) >= 11 is 18.2. The van der Waals surface area contributed by atoms with Crippen molar-refractivity contribution in [3.05, 3.63) is 86.4 Å². The summed E-state index contributed by atoms with van der Waals surface area (Å²) in [5, 5.41) is 11.9. The highest BCUT2D eigenvalue weighted by Crippen LogP contribution is 2.31. The van der Waals surface area contributed by atoms with Gasteiger partial charge in [0.15, 0.2) is 17.3 Å². The van der Waals surface area contributed by atoms with E-state index in [1.807, 2.05) is 0 Å². The van der Waals surface area contributed by atoms with E-state index in [1.165, 1.54) is 18.2 Å². The Hall–Kier alpha value is -2.87. The molecular weight excluding hydrogens is 466 g/mol. The fraction of sp³-hybridized carbons (Fsp3) is 0.0952. The molecule has 0 aliphatic carbocycles. The molecule has 2 aromatic carbocycles. The van der Waals surface area contributed by atoms with Crippen LogP contribution in [0.25, 0.3) is 11.3 Å². The summed E-state index contributed by atoms with van der Waals surface area (Å²) in [7, 11) is 0. The van der Waals surface area contributed by atoms with E-state index in [0.29, 0.717) is 37.6 Å². The number of rotatable bonds is 5. The first-order valence-electron chi connectivity index (χ1n) is 9.02. The maximum Gasteiger partial charge on any atom is 0.279 e. The molecule has 158 valence electrons. The Kier molecular flexibility index (Phi) is 6.00. The molecule has 0 aliphatic rings. The Balaban J connectivity index is 1.51. The Bertz CT molecular complexity index is 1270. The number of nitrogens with one attached hydrogen (secondary N) is 1. The number of benzene rings is 2. The van der Waals surface area contributed by atoms with Crippen molar-refractivity contribution in [2.45, 2.75) is 13.5 Å². The summed E-state index contributed by atoms with van der Waals surface area (Å²) < 4.78 is 20.9. The molecule has 1 amide bonds. The van der Waals surface area contributed by atoms with Crippen LogP contribution >= 0.6 is 34.8 Å². The fourth-order valence-corrected chi connectivity index (χ4v) is 3.67. The first-order chi connectivity index (χ1) is 14.8. The lowest BCUT2D eigenvalue weighted by Gasteiger charge is -2.07. The molecule has 0 unspecified atom stereocenters. The van der Waals surface area contributed by atoms with E-state index < -0.39 is 11.7 Å². The molecule has 31 heavy (non-hydrogen) atoms. The average molecular weight is 480 g/mol. The zero-order valence-corrected chi connectivity index (χ0v) is 18.3. The van der Waals surface area contributed by atoms with E-state index in [2.05, 4.69) is 15.6 Å². The van der Waals surface area contributed by atoms with Crippen LogP contribution in [0.2, 0.25) is 15.1 Å². The van der Waals surface area contributed by atoms with Crippen LogP contribution in [0.15, 0.2) is 53.1 Å². The summed E-state index contributed by atoms with van der Waals surface area (Å²) in [5.41, 5.74) is 1.63. The number of aromatic nitrogens is 3. The summed E-state index contributed by atoms with van der Waals surface area (Å²) in [4.78, 5) is 12.6. The summed E-state index contributed by atoms with van der Waals surface area (Å²) in [5.74, 6) is -0.343. The first kappa shape index (κ1) is 21.4. The molecule has 1 N–H and O–H groups in total. The molecule has 0 radical (unpaired) electrons. The number of carbonyl (C=O) groups is 1. The molecule has 4 aromatic rings. The Morgan fingerprint density at radius 3 is 2.68 bits per heavy atom. The molecule has 6 nitrogen and oxygen atoms in total. The number of amides is 1. The summed E-state index contributed by atoms with van der Waals surface area (Å²) in [6.45, 7) is 1.91. The van der Waals surface area contributed by atoms with Gasteiger partial charge in [-0.15, -0.1) is 0 Å². The van der Waals surface area contributed by atoms with Gasteiger partial charge in [-0.2, -0.15) is 5.10 Å². The normalized spacial score (nSPS) is 11.0. The SMILES string of the molecule is Cc1cc(NC(=O)c2cc(-c3ccc(Cl)cc3Cl)on2)nn1Cc1c(F)cccc1Cl. The van der Waals surface area contributed by atoms with Gasteiger partial charge in [0, 0.05) is 39.0 Å². The number of halogens is 4. The van der Waals surface area contributed by atoms with Crippen LogP contribution in [0.1, 0.15) is 21.7 Å². The van der Waals surface area contributed by atoms with E-state index >= 15 is 0 Å². The first-order valence-corrected chi connectivity index (χ1v) is 10.2. The van der Waals surface area contributed by atoms with Gasteiger partial charge < -0.3 is 9.84 Å². The third-order valence-corrected chi connectivity index (χ3v) is 5.43. The number of hydrogen-bond acceptors (Lipinski definition) is 4. The minimum atomic E-state index is -0.520. The van der Waals surface area contributed by atoms with Crippen LogP contribution in [0, 0.1) is 12.7 Å². The van der Waals surface area contributed by atoms with Gasteiger partial charge in [-0.3, -0.25) is 9.48 Å². The number of nitrogens with zero attached hydrogens (tertiary/aromatic N) is 3. The van der Waals surface area contributed by atoms with Crippen molar-refractivity contribution >= 4 is 46.5 Å². The van der Waals surface area contributed by atoms with Crippen LogP contribution < -0.4 is 5.32 Å². The van der Waals surface area contributed by atoms with Gasteiger partial charge in [-0.25, -0.2) is 4.39 Å². The summed E-state index contributed by atoms with van der Waals surface area (Å²) in [6.07, 6.45) is 0. The minimum Gasteiger partial charge on any atom is -0.355 e. The van der Waals surface area contributed by atoms with Gasteiger partial charge in [0.2, 0.25) is 0 Å². The molecule has 0 fully saturated rings. The van der Waals surface area contributed by atoms with Crippen LogP contribution in [0.3, 0.4) is 0 Å². The van der Waals surface area contributed by atoms with E-state index in [1.54, 1.807) is 41.9 Å². The monoisotopic (exact) mass is 478 g/mol. The van der Waals surface area contributed by atoms with Crippen LogP contribution in [-0.4, -0.2) is 20.8 Å². The van der Waals surface area contributed by atoms with Crippen molar-refractivity contribution in [2.75, 3.05) is 5.32 Å². The number of aryl methyl sites for hydroxylation is 1. The topological polar surface area (TPSA) is 73.0 Å². The van der Waals surface area contributed by atoms with Crippen molar-refractivity contribution in [3.8, 4) is 11.3 Å². The molecular formula is C21H14Cl3FN4O2. The molecule has 0 aliphatic heterocycles. The van der Waals surface area contributed by atoms with E-state index in [0.717, 1.165) is 0 Å². The molecule has 2 aromatic heterocycles. The van der Waals surface area contributed by atoms with Crippen molar-refractivity contribution in [1.82, 2.24) is 14.9 Å². The molecule has 0 atom stereocenters. The molecule has 0 saturated heterocycles. The van der Waals surface area contributed by atoms with E-state index in [-0.39, 0.29) is 18.1 Å². The lowest BCUT2D eigenvalue weighted by atomic mass is 10.1.